The first-order chi connectivity index (χ1) is 18.3. The topological polar surface area (TPSA) is 69.7 Å². The molecule has 1 fully saturated rings. The van der Waals surface area contributed by atoms with E-state index in [1.807, 2.05) is 48.5 Å². The summed E-state index contributed by atoms with van der Waals surface area (Å²) >= 11 is -1.67. The summed E-state index contributed by atoms with van der Waals surface area (Å²) in [7, 11) is 0. The van der Waals surface area contributed by atoms with Crippen molar-refractivity contribution in [1.29, 1.82) is 0 Å². The van der Waals surface area contributed by atoms with E-state index < -0.39 is 13.6 Å². The molecule has 3 atom stereocenters. The molecule has 3 unspecified atom stereocenters. The van der Waals surface area contributed by atoms with Gasteiger partial charge in [0, 0.05) is 6.08 Å². The first-order valence-corrected chi connectivity index (χ1v) is 15.2. The average Bonchev–Trinajstić information content (AvgIpc) is 2.92. The van der Waals surface area contributed by atoms with Crippen LogP contribution in [0, 0.1) is 23.7 Å². The van der Waals surface area contributed by atoms with Crippen molar-refractivity contribution in [3.63, 3.8) is 0 Å². The van der Waals surface area contributed by atoms with E-state index in [-0.39, 0.29) is 17.8 Å². The second-order valence-corrected chi connectivity index (χ2v) is 12.4. The Labute approximate surface area is 232 Å². The fourth-order valence-electron chi connectivity index (χ4n) is 4.99. The predicted octanol–water partition coefficient (Wildman–Crippen LogP) is 5.70. The van der Waals surface area contributed by atoms with Gasteiger partial charge in [0.25, 0.3) is 0 Å². The van der Waals surface area contributed by atoms with Gasteiger partial charge in [-0.1, -0.05) is 6.58 Å². The molecule has 0 radical (unpaired) electrons. The van der Waals surface area contributed by atoms with Crippen molar-refractivity contribution in [3.8, 4) is 5.75 Å². The molecule has 6 heteroatoms. The van der Waals surface area contributed by atoms with Gasteiger partial charge in [-0.05, 0) is 0 Å². The van der Waals surface area contributed by atoms with Crippen molar-refractivity contribution in [2.45, 2.75) is 65.7 Å². The number of rotatable bonds is 14. The zero-order valence-electron chi connectivity index (χ0n) is 23.0. The van der Waals surface area contributed by atoms with Gasteiger partial charge in [0.1, 0.15) is 0 Å². The van der Waals surface area contributed by atoms with E-state index in [9.17, 15) is 13.5 Å². The number of ether oxygens (including phenoxy) is 2. The van der Waals surface area contributed by atoms with E-state index in [0.29, 0.717) is 30.8 Å². The second-order valence-electron chi connectivity index (χ2n) is 10.5. The molecule has 1 saturated carbocycles. The molecule has 0 heterocycles. The Bertz CT molecular complexity index is 1070. The monoisotopic (exact) mass is 565 g/mol. The first kappa shape index (κ1) is 30.0. The van der Waals surface area contributed by atoms with Crippen LogP contribution < -0.4 is 13.7 Å². The minimum absolute atomic E-state index is 0.0742. The van der Waals surface area contributed by atoms with Crippen LogP contribution in [0.4, 0.5) is 0 Å². The van der Waals surface area contributed by atoms with Crippen LogP contribution in [0.2, 0.25) is 0 Å². The zero-order chi connectivity index (χ0) is 27.5. The number of benzene rings is 2. The number of ketones is 1. The standard InChI is InChI=1S/C17H23O.C15H19O3.Co.O/c1-12(2)15-10-9-13(3)16(17(15)18)11-14-7-5-4-6-8-14;1-2-15(16)18-13-9-4-3-8-12-17-14-10-6-5-7-11-14;;/h5-8,12-13,15-16H,9-11H2,1-3H3;2,6-7,10-11H,1,3-4,8-9,12-13H2;;. The Hall–Kier alpha value is -2.57. The molecule has 3 rings (SSSR count). The number of esters is 1. The van der Waals surface area contributed by atoms with E-state index in [2.05, 4.69) is 27.4 Å². The third-order valence-corrected chi connectivity index (χ3v) is 9.16. The molecule has 1 aliphatic rings. The van der Waals surface area contributed by atoms with Crippen molar-refractivity contribution in [3.05, 3.63) is 66.7 Å². The molecule has 0 spiro atoms. The van der Waals surface area contributed by atoms with Crippen molar-refractivity contribution in [2.24, 2.45) is 23.7 Å². The molecule has 0 N–H and O–H groups in total. The molecule has 0 aromatic heterocycles. The van der Waals surface area contributed by atoms with Crippen LogP contribution in [0.5, 0.6) is 5.75 Å². The van der Waals surface area contributed by atoms with Crippen LogP contribution >= 0.6 is 0 Å². The fourth-order valence-corrected chi connectivity index (χ4v) is 6.31. The molecule has 38 heavy (non-hydrogen) atoms. The van der Waals surface area contributed by atoms with Crippen LogP contribution in [0.25, 0.3) is 0 Å². The van der Waals surface area contributed by atoms with Crippen LogP contribution in [-0.2, 0) is 38.2 Å². The molecular formula is C32H42CoO5. The molecule has 1 aliphatic carbocycles. The molecule has 0 saturated heterocycles. The van der Waals surface area contributed by atoms with Gasteiger partial charge in [0.2, 0.25) is 0 Å². The molecule has 2 aromatic carbocycles. The van der Waals surface area contributed by atoms with Crippen LogP contribution in [-0.4, -0.2) is 25.0 Å². The number of carbonyl (C=O) groups excluding carboxylic acids is 2. The summed E-state index contributed by atoms with van der Waals surface area (Å²) in [5.41, 5.74) is 1.13. The molecule has 0 aliphatic heterocycles. The quantitative estimate of drug-likeness (QED) is 0.167. The SMILES string of the molecule is C=CC(=O)OCCCCCCOc1cc[c]([Co](=[O])[c]2ccc(CC3C(=O)C(C(C)C)CCC3C)cc2)cc1. The van der Waals surface area contributed by atoms with Gasteiger partial charge >= 0.3 is 215 Å². The zero-order valence-corrected chi connectivity index (χ0v) is 24.0. The van der Waals surface area contributed by atoms with E-state index in [4.69, 9.17) is 9.47 Å². The van der Waals surface area contributed by atoms with Crippen LogP contribution in [0.15, 0.2) is 61.2 Å². The minimum atomic E-state index is -1.67. The molecular weight excluding hydrogens is 523 g/mol. The summed E-state index contributed by atoms with van der Waals surface area (Å²) in [6.45, 7) is 10.9. The Morgan fingerprint density at radius 2 is 1.58 bits per heavy atom. The second kappa shape index (κ2) is 15.1. The van der Waals surface area contributed by atoms with Gasteiger partial charge in [0.05, 0.1) is 0 Å². The number of unbranched alkanes of at least 4 members (excludes halogenated alkanes) is 3. The predicted molar refractivity (Wildman–Crippen MR) is 147 cm³/mol. The van der Waals surface area contributed by atoms with Gasteiger partial charge in [-0.3, -0.25) is 0 Å². The first-order valence-electron chi connectivity index (χ1n) is 13.8. The maximum atomic E-state index is 13.1. The van der Waals surface area contributed by atoms with Gasteiger partial charge in [-0.25, -0.2) is 4.79 Å². The van der Waals surface area contributed by atoms with Crippen molar-refractivity contribution < 1.29 is 36.5 Å². The Kier molecular flexibility index (Phi) is 11.9. The molecule has 2 aromatic rings. The average molecular weight is 566 g/mol. The molecule has 0 bridgehead atoms. The van der Waals surface area contributed by atoms with E-state index in [0.717, 1.165) is 65.3 Å². The van der Waals surface area contributed by atoms with Gasteiger partial charge in [0.15, 0.2) is 0 Å². The molecule has 209 valence electrons. The third kappa shape index (κ3) is 8.74. The van der Waals surface area contributed by atoms with Crippen molar-refractivity contribution >= 4 is 20.7 Å². The fraction of sp³-hybridized carbons (Fsp3) is 0.500. The maximum absolute atomic E-state index is 13.1. The molecule has 0 amide bonds. The molecule has 5 nitrogen and oxygen atoms in total. The van der Waals surface area contributed by atoms with Crippen molar-refractivity contribution in [1.82, 2.24) is 0 Å². The number of carbonyl (C=O) groups is 2. The van der Waals surface area contributed by atoms with Gasteiger partial charge in [-0.15, -0.1) is 0 Å². The summed E-state index contributed by atoms with van der Waals surface area (Å²) in [6, 6.07) is 15.4. The van der Waals surface area contributed by atoms with Gasteiger partial charge in [-0.2, -0.15) is 0 Å². The number of hydrogen-bond donors (Lipinski definition) is 0. The number of Topliss-reactive ketones (excluding diaryl/α,β-unsaturated/α-hetero) is 1. The third-order valence-electron chi connectivity index (χ3n) is 7.38. The van der Waals surface area contributed by atoms with E-state index >= 15 is 0 Å². The Morgan fingerprint density at radius 1 is 0.974 bits per heavy atom. The Morgan fingerprint density at radius 3 is 2.18 bits per heavy atom. The Balaban J connectivity index is 1.44. The summed E-state index contributed by atoms with van der Waals surface area (Å²) in [4.78, 5) is 24.0. The van der Waals surface area contributed by atoms with Gasteiger partial charge < -0.3 is 0 Å². The van der Waals surface area contributed by atoms with E-state index in [1.54, 1.807) is 0 Å². The summed E-state index contributed by atoms with van der Waals surface area (Å²) in [5, 5.41) is 0. The summed E-state index contributed by atoms with van der Waals surface area (Å²) in [6.07, 6.45) is 7.77. The normalized spacial score (nSPS) is 19.7. The number of hydrogen-bond acceptors (Lipinski definition) is 5. The van der Waals surface area contributed by atoms with Crippen molar-refractivity contribution in [2.75, 3.05) is 13.2 Å². The van der Waals surface area contributed by atoms with Crippen LogP contribution in [0.1, 0.15) is 64.9 Å². The summed E-state index contributed by atoms with van der Waals surface area (Å²) < 4.78 is 25.5. The van der Waals surface area contributed by atoms with Crippen LogP contribution in [0.3, 0.4) is 0 Å². The summed E-state index contributed by atoms with van der Waals surface area (Å²) in [5.74, 6) is 1.86. The van der Waals surface area contributed by atoms with E-state index in [1.165, 1.54) is 6.08 Å².